The monoisotopic (exact) mass is 262 g/mol. The molecule has 1 aromatic heterocycles. The molecule has 0 fully saturated rings. The number of rotatable bonds is 3. The summed E-state index contributed by atoms with van der Waals surface area (Å²) in [5, 5.41) is 13.5. The number of nitrogens with zero attached hydrogens (tertiary/aromatic N) is 1. The van der Waals surface area contributed by atoms with Gasteiger partial charge in [0.25, 0.3) is 0 Å². The number of phenols is 1. The molecule has 1 heterocycles. The van der Waals surface area contributed by atoms with Crippen molar-refractivity contribution in [2.24, 2.45) is 0 Å². The Morgan fingerprint density at radius 2 is 2.11 bits per heavy atom. The molecule has 0 atom stereocenters. The summed E-state index contributed by atoms with van der Waals surface area (Å²) < 4.78 is 0. The highest BCUT2D eigenvalue weighted by atomic mass is 35.5. The number of halogens is 1. The highest BCUT2D eigenvalue weighted by Crippen LogP contribution is 2.24. The normalized spacial score (nSPS) is 10.4. The van der Waals surface area contributed by atoms with Gasteiger partial charge in [-0.15, -0.1) is 0 Å². The Labute approximate surface area is 111 Å². The molecule has 0 bridgehead atoms. The van der Waals surface area contributed by atoms with Crippen molar-refractivity contribution >= 4 is 17.3 Å². The van der Waals surface area contributed by atoms with Gasteiger partial charge >= 0.3 is 0 Å². The van der Waals surface area contributed by atoms with Gasteiger partial charge in [0, 0.05) is 18.3 Å². The lowest BCUT2D eigenvalue weighted by Gasteiger charge is -2.11. The molecule has 0 aliphatic rings. The highest BCUT2D eigenvalue weighted by molar-refractivity contribution is 6.31. The summed E-state index contributed by atoms with van der Waals surface area (Å²) in [6, 6.07) is 7.61. The molecule has 94 valence electrons. The molecule has 2 rings (SSSR count). The molecule has 4 heteroatoms. The van der Waals surface area contributed by atoms with Crippen molar-refractivity contribution < 1.29 is 5.11 Å². The summed E-state index contributed by atoms with van der Waals surface area (Å²) in [6.45, 7) is 4.34. The molecule has 0 aliphatic heterocycles. The van der Waals surface area contributed by atoms with Gasteiger partial charge in [0.05, 0.1) is 5.69 Å². The molecule has 1 aromatic carbocycles. The van der Waals surface area contributed by atoms with Crippen molar-refractivity contribution in [1.29, 1.82) is 0 Å². The maximum absolute atomic E-state index is 9.91. The van der Waals surface area contributed by atoms with Gasteiger partial charge < -0.3 is 10.4 Å². The Bertz CT molecular complexity index is 568. The first-order valence-corrected chi connectivity index (χ1v) is 6.09. The van der Waals surface area contributed by atoms with Crippen LogP contribution in [-0.4, -0.2) is 10.1 Å². The van der Waals surface area contributed by atoms with Crippen molar-refractivity contribution in [1.82, 2.24) is 4.98 Å². The Kier molecular flexibility index (Phi) is 3.72. The number of aromatic nitrogens is 1. The van der Waals surface area contributed by atoms with Crippen LogP contribution in [0.3, 0.4) is 0 Å². The van der Waals surface area contributed by atoms with E-state index in [-0.39, 0.29) is 0 Å². The molecule has 2 aromatic rings. The molecule has 0 aliphatic carbocycles. The van der Waals surface area contributed by atoms with E-state index in [4.69, 9.17) is 11.6 Å². The Hall–Kier alpha value is -1.74. The second-order valence-corrected chi connectivity index (χ2v) is 4.65. The average molecular weight is 263 g/mol. The van der Waals surface area contributed by atoms with Crippen LogP contribution in [0.5, 0.6) is 5.75 Å². The molecular weight excluding hydrogens is 248 g/mol. The van der Waals surface area contributed by atoms with E-state index in [0.29, 0.717) is 17.4 Å². The predicted molar refractivity (Wildman–Crippen MR) is 74.2 cm³/mol. The number of para-hydroxylation sites is 1. The van der Waals surface area contributed by atoms with E-state index in [1.807, 2.05) is 38.1 Å². The first-order chi connectivity index (χ1) is 8.58. The average Bonchev–Trinajstić information content (AvgIpc) is 2.35. The van der Waals surface area contributed by atoms with Gasteiger partial charge in [-0.25, -0.2) is 4.98 Å². The molecular formula is C14H15ClN2O. The number of phenolic OH excluding ortho intramolecular Hbond substituents is 1. The number of pyridine rings is 1. The zero-order valence-corrected chi connectivity index (χ0v) is 11.1. The number of hydrogen-bond donors (Lipinski definition) is 2. The van der Waals surface area contributed by atoms with Crippen molar-refractivity contribution in [3.8, 4) is 5.75 Å². The van der Waals surface area contributed by atoms with Crippen molar-refractivity contribution in [2.45, 2.75) is 20.4 Å². The van der Waals surface area contributed by atoms with E-state index < -0.39 is 0 Å². The summed E-state index contributed by atoms with van der Waals surface area (Å²) >= 11 is 6.00. The lowest BCUT2D eigenvalue weighted by molar-refractivity contribution is 0.465. The summed E-state index contributed by atoms with van der Waals surface area (Å²) in [6.07, 6.45) is 1.72. The second kappa shape index (κ2) is 5.27. The first kappa shape index (κ1) is 12.7. The van der Waals surface area contributed by atoms with Crippen LogP contribution in [-0.2, 0) is 6.54 Å². The van der Waals surface area contributed by atoms with E-state index >= 15 is 0 Å². The lowest BCUT2D eigenvalue weighted by Crippen LogP contribution is -2.02. The molecule has 0 saturated heterocycles. The number of benzene rings is 1. The zero-order valence-electron chi connectivity index (χ0n) is 10.4. The van der Waals surface area contributed by atoms with Crippen LogP contribution in [0.4, 0.5) is 5.69 Å². The van der Waals surface area contributed by atoms with Gasteiger partial charge in [0.2, 0.25) is 0 Å². The Balaban J connectivity index is 2.16. The van der Waals surface area contributed by atoms with E-state index in [0.717, 1.165) is 22.4 Å². The highest BCUT2D eigenvalue weighted by Gasteiger charge is 2.05. The van der Waals surface area contributed by atoms with Crippen LogP contribution in [0, 0.1) is 13.8 Å². The van der Waals surface area contributed by atoms with Gasteiger partial charge in [-0.3, -0.25) is 0 Å². The molecule has 2 N–H and O–H groups in total. The maximum Gasteiger partial charge on any atom is 0.152 e. The van der Waals surface area contributed by atoms with E-state index in [2.05, 4.69) is 10.3 Å². The van der Waals surface area contributed by atoms with E-state index in [1.54, 1.807) is 6.20 Å². The molecule has 18 heavy (non-hydrogen) atoms. The van der Waals surface area contributed by atoms with Gasteiger partial charge in [-0.2, -0.15) is 0 Å². The fourth-order valence-electron chi connectivity index (χ4n) is 1.73. The second-order valence-electron chi connectivity index (χ2n) is 4.29. The van der Waals surface area contributed by atoms with Gasteiger partial charge in [0.1, 0.15) is 5.75 Å². The van der Waals surface area contributed by atoms with Crippen LogP contribution < -0.4 is 5.32 Å². The van der Waals surface area contributed by atoms with E-state index in [1.165, 1.54) is 0 Å². The van der Waals surface area contributed by atoms with Crippen molar-refractivity contribution in [3.63, 3.8) is 0 Å². The minimum Gasteiger partial charge on any atom is -0.507 e. The number of aryl methyl sites for hydroxylation is 2. The van der Waals surface area contributed by atoms with Crippen LogP contribution in [0.1, 0.15) is 16.7 Å². The number of aromatic hydroxyl groups is 1. The number of anilines is 1. The molecule has 0 amide bonds. The SMILES string of the molecule is Cc1cnc(Cl)c(NCc2cccc(C)c2O)c1. The molecule has 0 radical (unpaired) electrons. The number of hydrogen-bond acceptors (Lipinski definition) is 3. The molecule has 3 nitrogen and oxygen atoms in total. The van der Waals surface area contributed by atoms with Crippen molar-refractivity contribution in [3.05, 3.63) is 52.3 Å². The molecule has 0 spiro atoms. The van der Waals surface area contributed by atoms with Gasteiger partial charge in [-0.1, -0.05) is 29.8 Å². The van der Waals surface area contributed by atoms with E-state index in [9.17, 15) is 5.11 Å². The minimum absolute atomic E-state index is 0.321. The first-order valence-electron chi connectivity index (χ1n) is 5.71. The minimum atomic E-state index is 0.321. The topological polar surface area (TPSA) is 45.2 Å². The third-order valence-electron chi connectivity index (χ3n) is 2.77. The Morgan fingerprint density at radius 1 is 1.33 bits per heavy atom. The third kappa shape index (κ3) is 2.74. The third-order valence-corrected chi connectivity index (χ3v) is 3.07. The Morgan fingerprint density at radius 3 is 2.89 bits per heavy atom. The van der Waals surface area contributed by atoms with Gasteiger partial charge in [0.15, 0.2) is 5.15 Å². The lowest BCUT2D eigenvalue weighted by atomic mass is 10.1. The largest absolute Gasteiger partial charge is 0.507 e. The van der Waals surface area contributed by atoms with Crippen LogP contribution in [0.15, 0.2) is 30.5 Å². The smallest absolute Gasteiger partial charge is 0.152 e. The fourth-order valence-corrected chi connectivity index (χ4v) is 1.90. The summed E-state index contributed by atoms with van der Waals surface area (Å²) in [4.78, 5) is 4.07. The zero-order chi connectivity index (χ0) is 13.1. The predicted octanol–water partition coefficient (Wildman–Crippen LogP) is 3.67. The fraction of sp³-hybridized carbons (Fsp3) is 0.214. The summed E-state index contributed by atoms with van der Waals surface area (Å²) in [5.41, 5.74) is 3.52. The van der Waals surface area contributed by atoms with Crippen LogP contribution >= 0.6 is 11.6 Å². The standard InChI is InChI=1S/C14H15ClN2O/c1-9-6-12(14(15)17-7-9)16-8-11-5-3-4-10(2)13(11)18/h3-7,16,18H,8H2,1-2H3. The van der Waals surface area contributed by atoms with Crippen molar-refractivity contribution in [2.75, 3.05) is 5.32 Å². The summed E-state index contributed by atoms with van der Waals surface area (Å²) in [7, 11) is 0. The van der Waals surface area contributed by atoms with Gasteiger partial charge in [-0.05, 0) is 31.0 Å². The molecule has 0 unspecified atom stereocenters. The number of nitrogens with one attached hydrogen (secondary N) is 1. The van der Waals surface area contributed by atoms with Crippen LogP contribution in [0.2, 0.25) is 5.15 Å². The maximum atomic E-state index is 9.91. The quantitative estimate of drug-likeness (QED) is 0.830. The van der Waals surface area contributed by atoms with Crippen LogP contribution in [0.25, 0.3) is 0 Å². The molecule has 0 saturated carbocycles. The summed E-state index contributed by atoms with van der Waals surface area (Å²) in [5.74, 6) is 0.321.